The lowest BCUT2D eigenvalue weighted by Gasteiger charge is -2.10. The van der Waals surface area contributed by atoms with E-state index in [-0.39, 0.29) is 34.7 Å². The summed E-state index contributed by atoms with van der Waals surface area (Å²) in [6.07, 6.45) is 7.38. The van der Waals surface area contributed by atoms with Gasteiger partial charge in [-0.3, -0.25) is 9.59 Å². The molecule has 0 unspecified atom stereocenters. The molecule has 6 heteroatoms. The molecule has 1 aromatic heterocycles. The average Bonchev–Trinajstić information content (AvgIpc) is 2.82. The summed E-state index contributed by atoms with van der Waals surface area (Å²) in [5.41, 5.74) is 1.80. The second-order valence-corrected chi connectivity index (χ2v) is 8.11. The standard InChI is InChI=1S/C27H31NO5/c1-3-5-7-8-10-19-13-15-20(16-14-19)26(30)28-22-12-9-11-21-23(29)18-24(33-25(21)22)27(31)32-17-6-4-2/h9,11-16,18H,3-8,10,17H2,1-2H3,(H,28,30). The number of hydrogen-bond donors (Lipinski definition) is 1. The lowest BCUT2D eigenvalue weighted by atomic mass is 10.0. The maximum Gasteiger partial charge on any atom is 0.374 e. The molecule has 0 aliphatic rings. The molecule has 0 saturated carbocycles. The number of para-hydroxylation sites is 1. The lowest BCUT2D eigenvalue weighted by Crippen LogP contribution is -2.14. The van der Waals surface area contributed by atoms with Gasteiger partial charge in [-0.05, 0) is 49.1 Å². The first-order chi connectivity index (χ1) is 16.0. The number of ether oxygens (including phenoxy) is 1. The third-order valence-corrected chi connectivity index (χ3v) is 5.47. The number of hydrogen-bond acceptors (Lipinski definition) is 5. The van der Waals surface area contributed by atoms with E-state index in [1.54, 1.807) is 30.3 Å². The number of unbranched alkanes of at least 4 members (excludes halogenated alkanes) is 4. The number of nitrogens with one attached hydrogen (secondary N) is 1. The smallest absolute Gasteiger partial charge is 0.374 e. The van der Waals surface area contributed by atoms with Gasteiger partial charge >= 0.3 is 5.97 Å². The highest BCUT2D eigenvalue weighted by Crippen LogP contribution is 2.23. The van der Waals surface area contributed by atoms with Gasteiger partial charge in [0.1, 0.15) is 0 Å². The van der Waals surface area contributed by atoms with Crippen molar-refractivity contribution in [3.05, 3.63) is 75.6 Å². The predicted octanol–water partition coefficient (Wildman–Crippen LogP) is 6.13. The zero-order valence-electron chi connectivity index (χ0n) is 19.3. The summed E-state index contributed by atoms with van der Waals surface area (Å²) < 4.78 is 10.9. The van der Waals surface area contributed by atoms with Crippen LogP contribution in [-0.4, -0.2) is 18.5 Å². The average molecular weight is 450 g/mol. The predicted molar refractivity (Wildman–Crippen MR) is 130 cm³/mol. The van der Waals surface area contributed by atoms with Gasteiger partial charge in [0.05, 0.1) is 17.7 Å². The van der Waals surface area contributed by atoms with Crippen molar-refractivity contribution in [2.45, 2.75) is 58.8 Å². The van der Waals surface area contributed by atoms with Crippen LogP contribution in [0.25, 0.3) is 11.0 Å². The maximum absolute atomic E-state index is 12.8. The van der Waals surface area contributed by atoms with Gasteiger partial charge in [-0.15, -0.1) is 0 Å². The van der Waals surface area contributed by atoms with Crippen LogP contribution in [0.2, 0.25) is 0 Å². The molecule has 1 amide bonds. The Kier molecular flexibility index (Phi) is 8.81. The third-order valence-electron chi connectivity index (χ3n) is 5.47. The number of rotatable bonds is 11. The molecule has 3 rings (SSSR count). The summed E-state index contributed by atoms with van der Waals surface area (Å²) in [6, 6.07) is 13.5. The highest BCUT2D eigenvalue weighted by atomic mass is 16.5. The minimum absolute atomic E-state index is 0.147. The van der Waals surface area contributed by atoms with Gasteiger partial charge in [0.15, 0.2) is 11.0 Å². The van der Waals surface area contributed by atoms with Gasteiger partial charge in [-0.25, -0.2) is 4.79 Å². The topological polar surface area (TPSA) is 85.6 Å². The Labute approximate surface area is 194 Å². The first kappa shape index (κ1) is 24.2. The molecule has 3 aromatic rings. The number of carbonyl (C=O) groups excluding carboxylic acids is 2. The normalized spacial score (nSPS) is 10.8. The molecule has 0 bridgehead atoms. The monoisotopic (exact) mass is 449 g/mol. The van der Waals surface area contributed by atoms with Crippen molar-refractivity contribution < 1.29 is 18.7 Å². The largest absolute Gasteiger partial charge is 0.460 e. The number of esters is 1. The van der Waals surface area contributed by atoms with E-state index < -0.39 is 5.97 Å². The quantitative estimate of drug-likeness (QED) is 0.281. The Bertz CT molecular complexity index is 1150. The van der Waals surface area contributed by atoms with Gasteiger partial charge in [0.2, 0.25) is 5.76 Å². The van der Waals surface area contributed by atoms with E-state index in [1.807, 2.05) is 19.1 Å². The summed E-state index contributed by atoms with van der Waals surface area (Å²) in [4.78, 5) is 37.6. The van der Waals surface area contributed by atoms with E-state index in [4.69, 9.17) is 9.15 Å². The number of amides is 1. The van der Waals surface area contributed by atoms with Crippen molar-refractivity contribution in [1.29, 1.82) is 0 Å². The Morgan fingerprint density at radius 2 is 1.70 bits per heavy atom. The molecule has 33 heavy (non-hydrogen) atoms. The molecule has 0 saturated heterocycles. The van der Waals surface area contributed by atoms with E-state index in [0.29, 0.717) is 11.3 Å². The van der Waals surface area contributed by atoms with Gasteiger partial charge < -0.3 is 14.5 Å². The van der Waals surface area contributed by atoms with E-state index in [2.05, 4.69) is 12.2 Å². The van der Waals surface area contributed by atoms with Crippen molar-refractivity contribution in [1.82, 2.24) is 0 Å². The Morgan fingerprint density at radius 1 is 0.939 bits per heavy atom. The summed E-state index contributed by atoms with van der Waals surface area (Å²) in [6.45, 7) is 4.43. The van der Waals surface area contributed by atoms with Gasteiger partial charge in [0, 0.05) is 11.6 Å². The maximum atomic E-state index is 12.8. The zero-order chi connectivity index (χ0) is 23.6. The lowest BCUT2D eigenvalue weighted by molar-refractivity contribution is 0.0464. The second kappa shape index (κ2) is 12.0. The van der Waals surface area contributed by atoms with Crippen LogP contribution in [0.1, 0.15) is 78.8 Å². The van der Waals surface area contributed by atoms with Crippen LogP contribution < -0.4 is 10.7 Å². The number of anilines is 1. The fourth-order valence-corrected chi connectivity index (χ4v) is 3.53. The summed E-state index contributed by atoms with van der Waals surface area (Å²) in [5, 5.41) is 3.08. The van der Waals surface area contributed by atoms with Gasteiger partial charge in [-0.1, -0.05) is 57.7 Å². The van der Waals surface area contributed by atoms with Crippen molar-refractivity contribution in [3.8, 4) is 0 Å². The molecule has 0 radical (unpaired) electrons. The Balaban J connectivity index is 1.77. The molecular formula is C27H31NO5. The molecule has 0 spiro atoms. The van der Waals surface area contributed by atoms with Crippen LogP contribution in [0, 0.1) is 0 Å². The molecule has 1 N–H and O–H groups in total. The fraction of sp³-hybridized carbons (Fsp3) is 0.370. The second-order valence-electron chi connectivity index (χ2n) is 8.11. The van der Waals surface area contributed by atoms with Gasteiger partial charge in [0.25, 0.3) is 5.91 Å². The first-order valence-corrected chi connectivity index (χ1v) is 11.7. The molecule has 2 aromatic carbocycles. The van der Waals surface area contributed by atoms with Crippen LogP contribution in [0.5, 0.6) is 0 Å². The van der Waals surface area contributed by atoms with Crippen molar-refractivity contribution in [3.63, 3.8) is 0 Å². The molecule has 0 aliphatic heterocycles. The van der Waals surface area contributed by atoms with Crippen molar-refractivity contribution in [2.75, 3.05) is 11.9 Å². The summed E-state index contributed by atoms with van der Waals surface area (Å²) >= 11 is 0. The van der Waals surface area contributed by atoms with Crippen molar-refractivity contribution in [2.24, 2.45) is 0 Å². The van der Waals surface area contributed by atoms with Crippen LogP contribution in [0.4, 0.5) is 5.69 Å². The molecule has 1 heterocycles. The minimum atomic E-state index is -0.696. The Hall–Kier alpha value is -3.41. The molecular weight excluding hydrogens is 418 g/mol. The number of carbonyl (C=O) groups is 2. The molecule has 0 fully saturated rings. The van der Waals surface area contributed by atoms with E-state index in [0.717, 1.165) is 31.7 Å². The number of fused-ring (bicyclic) bond motifs is 1. The van der Waals surface area contributed by atoms with E-state index >= 15 is 0 Å². The Morgan fingerprint density at radius 3 is 2.42 bits per heavy atom. The van der Waals surface area contributed by atoms with Gasteiger partial charge in [-0.2, -0.15) is 0 Å². The molecule has 174 valence electrons. The molecule has 0 atom stereocenters. The molecule has 0 aliphatic carbocycles. The zero-order valence-corrected chi connectivity index (χ0v) is 19.3. The number of aryl methyl sites for hydroxylation is 1. The number of benzene rings is 2. The highest BCUT2D eigenvalue weighted by Gasteiger charge is 2.17. The van der Waals surface area contributed by atoms with E-state index in [1.165, 1.54) is 24.8 Å². The van der Waals surface area contributed by atoms with Crippen LogP contribution in [0.15, 0.2) is 57.7 Å². The summed E-state index contributed by atoms with van der Waals surface area (Å²) in [5.74, 6) is -1.20. The fourth-order valence-electron chi connectivity index (χ4n) is 3.53. The first-order valence-electron chi connectivity index (χ1n) is 11.7. The van der Waals surface area contributed by atoms with Crippen LogP contribution >= 0.6 is 0 Å². The highest BCUT2D eigenvalue weighted by molar-refractivity contribution is 6.08. The third kappa shape index (κ3) is 6.54. The van der Waals surface area contributed by atoms with Crippen LogP contribution in [-0.2, 0) is 11.2 Å². The minimum Gasteiger partial charge on any atom is -0.460 e. The molecule has 6 nitrogen and oxygen atoms in total. The van der Waals surface area contributed by atoms with E-state index in [9.17, 15) is 14.4 Å². The van der Waals surface area contributed by atoms with Crippen molar-refractivity contribution >= 4 is 28.5 Å². The summed E-state index contributed by atoms with van der Waals surface area (Å²) in [7, 11) is 0. The van der Waals surface area contributed by atoms with Crippen LogP contribution in [0.3, 0.4) is 0 Å². The SMILES string of the molecule is CCCCCCc1ccc(C(=O)Nc2cccc3c(=O)cc(C(=O)OCCCC)oc23)cc1.